The van der Waals surface area contributed by atoms with Gasteiger partial charge in [0.15, 0.2) is 0 Å². The molecule has 1 aromatic carbocycles. The van der Waals surface area contributed by atoms with Crippen LogP contribution in [0.1, 0.15) is 30.1 Å². The maximum atomic E-state index is 11.3. The Kier molecular flexibility index (Phi) is 4.63. The minimum absolute atomic E-state index is 0.428. The van der Waals surface area contributed by atoms with E-state index in [-0.39, 0.29) is 0 Å². The van der Waals surface area contributed by atoms with E-state index >= 15 is 0 Å². The standard InChI is InChI=1S/C11H15NO3/c1-2-3-8-14-15-11(13)9-4-6-10(12)7-5-9/h4-7H,2-3,8,12H2,1H3. The van der Waals surface area contributed by atoms with Crippen molar-refractivity contribution in [2.75, 3.05) is 12.3 Å². The van der Waals surface area contributed by atoms with Crippen molar-refractivity contribution in [3.05, 3.63) is 29.8 Å². The molecule has 4 nitrogen and oxygen atoms in total. The van der Waals surface area contributed by atoms with Gasteiger partial charge in [0.1, 0.15) is 0 Å². The van der Waals surface area contributed by atoms with Gasteiger partial charge in [0.25, 0.3) is 0 Å². The van der Waals surface area contributed by atoms with Crippen LogP contribution >= 0.6 is 0 Å². The third-order valence-corrected chi connectivity index (χ3v) is 1.86. The van der Waals surface area contributed by atoms with E-state index in [1.807, 2.05) is 6.92 Å². The number of benzene rings is 1. The van der Waals surface area contributed by atoms with Crippen molar-refractivity contribution in [1.82, 2.24) is 0 Å². The highest BCUT2D eigenvalue weighted by atomic mass is 17.2. The van der Waals surface area contributed by atoms with E-state index in [9.17, 15) is 4.79 Å². The SMILES string of the molecule is CCCCOOC(=O)c1ccc(N)cc1. The summed E-state index contributed by atoms with van der Waals surface area (Å²) in [5, 5.41) is 0. The summed E-state index contributed by atoms with van der Waals surface area (Å²) in [5.74, 6) is -0.494. The highest BCUT2D eigenvalue weighted by Gasteiger charge is 2.07. The molecule has 0 radical (unpaired) electrons. The molecule has 0 aromatic heterocycles. The first-order valence-electron chi connectivity index (χ1n) is 4.93. The quantitative estimate of drug-likeness (QED) is 0.349. The number of nitrogens with two attached hydrogens (primary N) is 1. The molecule has 1 rings (SSSR count). The third-order valence-electron chi connectivity index (χ3n) is 1.86. The maximum absolute atomic E-state index is 11.3. The van der Waals surface area contributed by atoms with Crippen LogP contribution in [0.5, 0.6) is 0 Å². The topological polar surface area (TPSA) is 61.5 Å². The van der Waals surface area contributed by atoms with Gasteiger partial charge in [-0.25, -0.2) is 4.79 Å². The summed E-state index contributed by atoms with van der Waals surface area (Å²) in [6, 6.07) is 6.48. The van der Waals surface area contributed by atoms with E-state index in [0.717, 1.165) is 12.8 Å². The van der Waals surface area contributed by atoms with Gasteiger partial charge >= 0.3 is 5.97 Å². The third kappa shape index (κ3) is 3.99. The molecule has 1 aromatic rings. The number of carbonyl (C=O) groups excluding carboxylic acids is 1. The molecule has 0 bridgehead atoms. The van der Waals surface area contributed by atoms with Crippen LogP contribution in [0, 0.1) is 0 Å². The molecule has 0 atom stereocenters. The van der Waals surface area contributed by atoms with E-state index in [1.54, 1.807) is 24.3 Å². The summed E-state index contributed by atoms with van der Waals surface area (Å²) in [4.78, 5) is 20.7. The molecule has 2 N–H and O–H groups in total. The molecule has 0 amide bonds. The Hall–Kier alpha value is -1.55. The first-order valence-corrected chi connectivity index (χ1v) is 4.93. The summed E-state index contributed by atoms with van der Waals surface area (Å²) in [7, 11) is 0. The lowest BCUT2D eigenvalue weighted by atomic mass is 10.2. The molecule has 0 unspecified atom stereocenters. The monoisotopic (exact) mass is 209 g/mol. The number of anilines is 1. The van der Waals surface area contributed by atoms with Crippen LogP contribution in [0.15, 0.2) is 24.3 Å². The average molecular weight is 209 g/mol. The predicted molar refractivity (Wildman–Crippen MR) is 57.1 cm³/mol. The number of hydrogen-bond acceptors (Lipinski definition) is 4. The van der Waals surface area contributed by atoms with Gasteiger partial charge in [-0.2, -0.15) is 4.89 Å². The minimum atomic E-state index is -0.494. The van der Waals surface area contributed by atoms with Gasteiger partial charge in [0.2, 0.25) is 0 Å². The summed E-state index contributed by atoms with van der Waals surface area (Å²) in [6.45, 7) is 2.46. The lowest BCUT2D eigenvalue weighted by Gasteiger charge is -2.02. The second kappa shape index (κ2) is 6.03. The fourth-order valence-electron chi connectivity index (χ4n) is 0.966. The van der Waals surface area contributed by atoms with Gasteiger partial charge in [0, 0.05) is 5.69 Å². The molecule has 0 saturated heterocycles. The summed E-state index contributed by atoms with van der Waals surface area (Å²) < 4.78 is 0. The first-order chi connectivity index (χ1) is 7.24. The zero-order valence-corrected chi connectivity index (χ0v) is 8.73. The van der Waals surface area contributed by atoms with E-state index in [4.69, 9.17) is 10.6 Å². The van der Waals surface area contributed by atoms with Crippen molar-refractivity contribution in [2.45, 2.75) is 19.8 Å². The molecule has 15 heavy (non-hydrogen) atoms. The Bertz CT molecular complexity index is 308. The zero-order valence-electron chi connectivity index (χ0n) is 8.73. The summed E-state index contributed by atoms with van der Waals surface area (Å²) in [6.07, 6.45) is 1.87. The highest BCUT2D eigenvalue weighted by Crippen LogP contribution is 2.07. The Morgan fingerprint density at radius 1 is 1.33 bits per heavy atom. The predicted octanol–water partition coefficient (Wildman–Crippen LogP) is 2.16. The van der Waals surface area contributed by atoms with Crippen molar-refractivity contribution in [2.24, 2.45) is 0 Å². The van der Waals surface area contributed by atoms with Crippen LogP contribution in [-0.2, 0) is 9.78 Å². The van der Waals surface area contributed by atoms with Crippen molar-refractivity contribution in [3.63, 3.8) is 0 Å². The van der Waals surface area contributed by atoms with Crippen molar-refractivity contribution >= 4 is 11.7 Å². The van der Waals surface area contributed by atoms with Crippen LogP contribution < -0.4 is 5.73 Å². The zero-order chi connectivity index (χ0) is 11.1. The fourth-order valence-corrected chi connectivity index (χ4v) is 0.966. The number of unbranched alkanes of at least 4 members (excludes halogenated alkanes) is 1. The van der Waals surface area contributed by atoms with Gasteiger partial charge in [-0.1, -0.05) is 13.3 Å². The van der Waals surface area contributed by atoms with E-state index in [1.165, 1.54) is 0 Å². The molecular formula is C11H15NO3. The van der Waals surface area contributed by atoms with E-state index < -0.39 is 5.97 Å². The molecule has 0 fully saturated rings. The van der Waals surface area contributed by atoms with Crippen LogP contribution in [-0.4, -0.2) is 12.6 Å². The molecule has 82 valence electrons. The van der Waals surface area contributed by atoms with E-state index in [2.05, 4.69) is 4.89 Å². The number of hydrogen-bond donors (Lipinski definition) is 1. The molecule has 0 aliphatic carbocycles. The lowest BCUT2D eigenvalue weighted by molar-refractivity contribution is -0.241. The molecule has 0 saturated carbocycles. The van der Waals surface area contributed by atoms with Crippen LogP contribution in [0.2, 0.25) is 0 Å². The van der Waals surface area contributed by atoms with Gasteiger partial charge in [-0.05, 0) is 30.7 Å². The summed E-state index contributed by atoms with van der Waals surface area (Å²) >= 11 is 0. The lowest BCUT2D eigenvalue weighted by Crippen LogP contribution is -2.06. The Labute approximate surface area is 88.9 Å². The maximum Gasteiger partial charge on any atom is 0.373 e. The molecule has 4 heteroatoms. The van der Waals surface area contributed by atoms with Gasteiger partial charge in [-0.15, -0.1) is 0 Å². The second-order valence-electron chi connectivity index (χ2n) is 3.17. The fraction of sp³-hybridized carbons (Fsp3) is 0.364. The normalized spacial score (nSPS) is 9.93. The Balaban J connectivity index is 2.37. The van der Waals surface area contributed by atoms with Crippen LogP contribution in [0.4, 0.5) is 5.69 Å². The molecule has 0 spiro atoms. The van der Waals surface area contributed by atoms with Crippen molar-refractivity contribution in [1.29, 1.82) is 0 Å². The number of carbonyl (C=O) groups is 1. The molecule has 0 aliphatic rings. The van der Waals surface area contributed by atoms with E-state index in [0.29, 0.717) is 17.9 Å². The van der Waals surface area contributed by atoms with Crippen molar-refractivity contribution in [3.8, 4) is 0 Å². The summed E-state index contributed by atoms with van der Waals surface area (Å²) in [5.41, 5.74) is 6.52. The number of rotatable bonds is 5. The minimum Gasteiger partial charge on any atom is -0.399 e. The number of nitrogen functional groups attached to an aromatic ring is 1. The Morgan fingerprint density at radius 2 is 2.00 bits per heavy atom. The van der Waals surface area contributed by atoms with Gasteiger partial charge in [-0.3, -0.25) is 4.89 Å². The highest BCUT2D eigenvalue weighted by molar-refractivity contribution is 5.89. The second-order valence-corrected chi connectivity index (χ2v) is 3.17. The molecule has 0 aliphatic heterocycles. The van der Waals surface area contributed by atoms with Gasteiger partial charge in [0.05, 0.1) is 12.2 Å². The smallest absolute Gasteiger partial charge is 0.373 e. The molecule has 0 heterocycles. The average Bonchev–Trinajstić information content (AvgIpc) is 2.25. The van der Waals surface area contributed by atoms with Crippen LogP contribution in [0.3, 0.4) is 0 Å². The van der Waals surface area contributed by atoms with Crippen molar-refractivity contribution < 1.29 is 14.6 Å². The Morgan fingerprint density at radius 3 is 2.60 bits per heavy atom. The van der Waals surface area contributed by atoms with Crippen LogP contribution in [0.25, 0.3) is 0 Å². The molecular weight excluding hydrogens is 194 g/mol. The first kappa shape index (κ1) is 11.5. The van der Waals surface area contributed by atoms with Gasteiger partial charge < -0.3 is 5.73 Å². The largest absolute Gasteiger partial charge is 0.399 e.